The predicted octanol–water partition coefficient (Wildman–Crippen LogP) is 0.287. The number of nitrogens with two attached hydrogens (primary N) is 1. The van der Waals surface area contributed by atoms with Gasteiger partial charge in [-0.3, -0.25) is 0 Å². The molecule has 0 aromatic rings. The molecule has 0 aliphatic heterocycles. The molecule has 0 bridgehead atoms. The molecule has 0 aliphatic carbocycles. The standard InChI is InChI=1S/C6H16N2/c1-3-8(4-2)6-5-7/h3-7H2,1-2H3/i5D2. The highest BCUT2D eigenvalue weighted by Crippen LogP contribution is 1.81. The second-order valence-corrected chi connectivity index (χ2v) is 1.67. The van der Waals surface area contributed by atoms with Gasteiger partial charge < -0.3 is 10.6 Å². The number of hydrogen-bond acceptors (Lipinski definition) is 2. The van der Waals surface area contributed by atoms with Gasteiger partial charge in [0, 0.05) is 15.8 Å². The van der Waals surface area contributed by atoms with E-state index in [1.165, 1.54) is 0 Å². The van der Waals surface area contributed by atoms with Crippen LogP contribution < -0.4 is 5.73 Å². The van der Waals surface area contributed by atoms with Crippen LogP contribution in [0.3, 0.4) is 0 Å². The van der Waals surface area contributed by atoms with E-state index in [9.17, 15) is 0 Å². The molecule has 0 spiro atoms. The van der Waals surface area contributed by atoms with Gasteiger partial charge in [0.25, 0.3) is 0 Å². The first-order chi connectivity index (χ1) is 4.49. The molecule has 0 aromatic heterocycles. The lowest BCUT2D eigenvalue weighted by atomic mass is 10.5. The van der Waals surface area contributed by atoms with Gasteiger partial charge in [-0.15, -0.1) is 0 Å². The summed E-state index contributed by atoms with van der Waals surface area (Å²) < 4.78 is 14.1. The number of hydrogen-bond donors (Lipinski definition) is 1. The Bertz CT molecular complexity index is 86.2. The maximum Gasteiger partial charge on any atom is 0.0439 e. The van der Waals surface area contributed by atoms with Gasteiger partial charge in [0.15, 0.2) is 0 Å². The number of likely N-dealkylation sites (N-methyl/N-ethyl adjacent to an activating group) is 1. The summed E-state index contributed by atoms with van der Waals surface area (Å²) in [4.78, 5) is 1.96. The number of nitrogens with zero attached hydrogens (tertiary/aromatic N) is 1. The molecule has 0 rings (SSSR count). The molecule has 8 heavy (non-hydrogen) atoms. The lowest BCUT2D eigenvalue weighted by Crippen LogP contribution is -2.28. The minimum absolute atomic E-state index is 0.319. The Morgan fingerprint density at radius 2 is 2.00 bits per heavy atom. The third kappa shape index (κ3) is 2.99. The summed E-state index contributed by atoms with van der Waals surface area (Å²) in [5.74, 6) is 0. The molecule has 0 saturated heterocycles. The lowest BCUT2D eigenvalue weighted by Gasteiger charge is -2.15. The zero-order valence-electron chi connectivity index (χ0n) is 7.65. The van der Waals surface area contributed by atoms with Crippen molar-refractivity contribution in [3.05, 3.63) is 0 Å². The lowest BCUT2D eigenvalue weighted by molar-refractivity contribution is 0.312. The van der Waals surface area contributed by atoms with Crippen LogP contribution in [0.4, 0.5) is 0 Å². The number of rotatable bonds is 4. The molecule has 50 valence electrons. The summed E-state index contributed by atoms with van der Waals surface area (Å²) in [6.45, 7) is 4.47. The molecule has 0 unspecified atom stereocenters. The highest BCUT2D eigenvalue weighted by Gasteiger charge is 1.92. The van der Waals surface area contributed by atoms with Crippen LogP contribution in [0.2, 0.25) is 0 Å². The van der Waals surface area contributed by atoms with Crippen LogP contribution in [0.25, 0.3) is 0 Å². The molecule has 0 aromatic carbocycles. The van der Waals surface area contributed by atoms with Gasteiger partial charge in [-0.1, -0.05) is 13.8 Å². The van der Waals surface area contributed by atoms with Crippen molar-refractivity contribution in [1.29, 1.82) is 0 Å². The van der Waals surface area contributed by atoms with E-state index in [4.69, 9.17) is 8.48 Å². The Balaban J connectivity index is 3.63. The molecule has 0 saturated carbocycles. The van der Waals surface area contributed by atoms with Gasteiger partial charge in [-0.05, 0) is 13.1 Å². The highest BCUT2D eigenvalue weighted by atomic mass is 15.1. The van der Waals surface area contributed by atoms with Crippen molar-refractivity contribution in [2.75, 3.05) is 26.1 Å². The van der Waals surface area contributed by atoms with E-state index in [1.807, 2.05) is 18.7 Å². The fourth-order valence-corrected chi connectivity index (χ4v) is 0.576. The van der Waals surface area contributed by atoms with Crippen molar-refractivity contribution in [3.8, 4) is 0 Å². The Morgan fingerprint density at radius 3 is 2.12 bits per heavy atom. The van der Waals surface area contributed by atoms with Crippen molar-refractivity contribution in [3.63, 3.8) is 0 Å². The first-order valence-corrected chi connectivity index (χ1v) is 3.01. The molecule has 0 radical (unpaired) electrons. The minimum Gasteiger partial charge on any atom is -0.329 e. The predicted molar refractivity (Wildman–Crippen MR) is 36.8 cm³/mol. The molecule has 0 aliphatic rings. The summed E-state index contributed by atoms with van der Waals surface area (Å²) in [6.07, 6.45) is 0. The monoisotopic (exact) mass is 118 g/mol. The maximum absolute atomic E-state index is 7.07. The van der Waals surface area contributed by atoms with Crippen LogP contribution in [0, 0.1) is 0 Å². The first-order valence-electron chi connectivity index (χ1n) is 4.01. The van der Waals surface area contributed by atoms with Crippen molar-refractivity contribution in [1.82, 2.24) is 4.90 Å². The van der Waals surface area contributed by atoms with Gasteiger partial charge in [0.05, 0.1) is 0 Å². The van der Waals surface area contributed by atoms with Crippen molar-refractivity contribution < 1.29 is 2.74 Å². The summed E-state index contributed by atoms with van der Waals surface area (Å²) >= 11 is 0. The second-order valence-electron chi connectivity index (χ2n) is 1.67. The summed E-state index contributed by atoms with van der Waals surface area (Å²) in [5.41, 5.74) is 5.18. The van der Waals surface area contributed by atoms with Gasteiger partial charge in [0.1, 0.15) is 0 Å². The van der Waals surface area contributed by atoms with Crippen LogP contribution in [-0.4, -0.2) is 31.0 Å². The minimum atomic E-state index is -1.55. The molecule has 0 heterocycles. The normalized spacial score (nSPS) is 16.0. The average molecular weight is 118 g/mol. The Morgan fingerprint density at radius 1 is 1.50 bits per heavy atom. The molecule has 2 nitrogen and oxygen atoms in total. The highest BCUT2D eigenvalue weighted by molar-refractivity contribution is 4.50. The molecular formula is C6H16N2. The largest absolute Gasteiger partial charge is 0.329 e. The summed E-state index contributed by atoms with van der Waals surface area (Å²) in [6, 6.07) is 0. The fraction of sp³-hybridized carbons (Fsp3) is 1.00. The van der Waals surface area contributed by atoms with Crippen molar-refractivity contribution >= 4 is 0 Å². The van der Waals surface area contributed by atoms with E-state index >= 15 is 0 Å². The zero-order chi connectivity index (χ0) is 8.20. The topological polar surface area (TPSA) is 29.3 Å². The average Bonchev–Trinajstić information content (AvgIpc) is 1.81. The Kier molecular flexibility index (Phi) is 3.02. The van der Waals surface area contributed by atoms with E-state index in [0.29, 0.717) is 6.54 Å². The Hall–Kier alpha value is -0.0800. The van der Waals surface area contributed by atoms with E-state index in [-0.39, 0.29) is 0 Å². The van der Waals surface area contributed by atoms with Crippen LogP contribution in [-0.2, 0) is 0 Å². The van der Waals surface area contributed by atoms with Crippen LogP contribution in [0.5, 0.6) is 0 Å². The van der Waals surface area contributed by atoms with Crippen molar-refractivity contribution in [2.24, 2.45) is 5.73 Å². The van der Waals surface area contributed by atoms with Gasteiger partial charge in [0.2, 0.25) is 0 Å². The third-order valence-corrected chi connectivity index (χ3v) is 1.21. The maximum atomic E-state index is 7.07. The molecule has 2 heteroatoms. The molecular weight excluding hydrogens is 100 g/mol. The summed E-state index contributed by atoms with van der Waals surface area (Å²) in [5, 5.41) is 0. The van der Waals surface area contributed by atoms with Gasteiger partial charge in [-0.25, -0.2) is 0 Å². The smallest absolute Gasteiger partial charge is 0.0439 e. The summed E-state index contributed by atoms with van der Waals surface area (Å²) in [7, 11) is 0. The van der Waals surface area contributed by atoms with E-state index in [2.05, 4.69) is 0 Å². The van der Waals surface area contributed by atoms with Crippen molar-refractivity contribution in [2.45, 2.75) is 13.8 Å². The zero-order valence-corrected chi connectivity index (χ0v) is 5.65. The molecule has 0 fully saturated rings. The molecule has 0 amide bonds. The van der Waals surface area contributed by atoms with E-state index < -0.39 is 6.50 Å². The van der Waals surface area contributed by atoms with Gasteiger partial charge in [-0.2, -0.15) is 0 Å². The SMILES string of the molecule is [2H]C([2H])(N)CN(CC)CC. The van der Waals surface area contributed by atoms with Crippen LogP contribution >= 0.6 is 0 Å². The fourth-order valence-electron chi connectivity index (χ4n) is 0.576. The molecule has 2 N–H and O–H groups in total. The van der Waals surface area contributed by atoms with Gasteiger partial charge >= 0.3 is 0 Å². The quantitative estimate of drug-likeness (QED) is 0.575. The Labute approximate surface area is 54.5 Å². The first kappa shape index (κ1) is 4.77. The van der Waals surface area contributed by atoms with Crippen LogP contribution in [0.1, 0.15) is 16.6 Å². The van der Waals surface area contributed by atoms with E-state index in [0.717, 1.165) is 13.1 Å². The van der Waals surface area contributed by atoms with E-state index in [1.54, 1.807) is 0 Å². The second kappa shape index (κ2) is 5.06. The molecule has 0 atom stereocenters. The van der Waals surface area contributed by atoms with Crippen LogP contribution in [0.15, 0.2) is 0 Å². The third-order valence-electron chi connectivity index (χ3n) is 1.21.